The zero-order chi connectivity index (χ0) is 12.9. The van der Waals surface area contributed by atoms with Crippen molar-refractivity contribution in [3.8, 4) is 0 Å². The first-order valence-corrected chi connectivity index (χ1v) is 6.43. The maximum atomic E-state index is 9.65. The van der Waals surface area contributed by atoms with E-state index in [1.54, 1.807) is 0 Å². The summed E-state index contributed by atoms with van der Waals surface area (Å²) < 4.78 is 0. The maximum absolute atomic E-state index is 9.65. The third-order valence-corrected chi connectivity index (χ3v) is 3.76. The van der Waals surface area contributed by atoms with Crippen LogP contribution in [0.15, 0.2) is 5.16 Å². The van der Waals surface area contributed by atoms with E-state index in [-0.39, 0.29) is 24.0 Å². The Hall–Kier alpha value is -0.810. The van der Waals surface area contributed by atoms with Gasteiger partial charge in [0.15, 0.2) is 5.84 Å². The van der Waals surface area contributed by atoms with Crippen molar-refractivity contribution in [1.29, 1.82) is 0 Å². The van der Waals surface area contributed by atoms with Crippen LogP contribution in [0.4, 0.5) is 0 Å². The van der Waals surface area contributed by atoms with Gasteiger partial charge in [0, 0.05) is 5.54 Å². The Morgan fingerprint density at radius 1 is 1.65 bits per heavy atom. The van der Waals surface area contributed by atoms with E-state index in [2.05, 4.69) is 17.4 Å². The van der Waals surface area contributed by atoms with E-state index in [9.17, 15) is 5.11 Å². The Kier molecular flexibility index (Phi) is 5.21. The molecule has 100 valence electrons. The van der Waals surface area contributed by atoms with Crippen molar-refractivity contribution in [3.63, 3.8) is 0 Å². The molecule has 1 rings (SSSR count). The molecule has 0 radical (unpaired) electrons. The summed E-state index contributed by atoms with van der Waals surface area (Å²) >= 11 is 0. The number of aliphatic hydroxyl groups is 1. The Balaban J connectivity index is 2.73. The molecule has 0 aliphatic heterocycles. The van der Waals surface area contributed by atoms with Crippen molar-refractivity contribution in [3.05, 3.63) is 0 Å². The van der Waals surface area contributed by atoms with Crippen LogP contribution in [0, 0.1) is 5.92 Å². The normalized spacial score (nSPS) is 32.4. The Bertz CT molecular complexity index is 270. The summed E-state index contributed by atoms with van der Waals surface area (Å²) in [4.78, 5) is 0. The van der Waals surface area contributed by atoms with Crippen LogP contribution in [0.25, 0.3) is 0 Å². The molecule has 3 atom stereocenters. The minimum atomic E-state index is -0.270. The van der Waals surface area contributed by atoms with Gasteiger partial charge in [-0.15, -0.1) is 0 Å². The number of nitrogens with one attached hydrogen (secondary N) is 1. The molecule has 17 heavy (non-hydrogen) atoms. The molecule has 5 nitrogen and oxygen atoms in total. The summed E-state index contributed by atoms with van der Waals surface area (Å²) in [6.45, 7) is 4.29. The SMILES string of the molecule is CCC(NC1(CO)CCCC(C)C1)C(N)=NO. The number of oxime groups is 1. The highest BCUT2D eigenvalue weighted by Crippen LogP contribution is 2.32. The van der Waals surface area contributed by atoms with E-state index in [1.807, 2.05) is 6.92 Å². The van der Waals surface area contributed by atoms with Crippen LogP contribution in [-0.2, 0) is 0 Å². The molecule has 5 heteroatoms. The highest BCUT2D eigenvalue weighted by atomic mass is 16.4. The predicted molar refractivity (Wildman–Crippen MR) is 68.1 cm³/mol. The molecule has 3 unspecified atom stereocenters. The van der Waals surface area contributed by atoms with Crippen LogP contribution in [-0.4, -0.2) is 34.3 Å². The van der Waals surface area contributed by atoms with Crippen LogP contribution in [0.2, 0.25) is 0 Å². The molecular formula is C12H25N3O2. The lowest BCUT2D eigenvalue weighted by atomic mass is 9.76. The summed E-state index contributed by atoms with van der Waals surface area (Å²) in [6.07, 6.45) is 4.96. The van der Waals surface area contributed by atoms with Crippen LogP contribution >= 0.6 is 0 Å². The number of hydrogen-bond acceptors (Lipinski definition) is 4. The van der Waals surface area contributed by atoms with Gasteiger partial charge in [-0.25, -0.2) is 0 Å². The first-order chi connectivity index (χ1) is 8.06. The van der Waals surface area contributed by atoms with Crippen molar-refractivity contribution in [1.82, 2.24) is 5.32 Å². The number of nitrogens with two attached hydrogens (primary N) is 1. The minimum absolute atomic E-state index is 0.104. The fraction of sp³-hybridized carbons (Fsp3) is 0.917. The number of rotatable bonds is 5. The highest BCUT2D eigenvalue weighted by Gasteiger charge is 2.36. The van der Waals surface area contributed by atoms with Crippen LogP contribution in [0.5, 0.6) is 0 Å². The van der Waals surface area contributed by atoms with Gasteiger partial charge in [-0.3, -0.25) is 5.32 Å². The van der Waals surface area contributed by atoms with Crippen molar-refractivity contribution < 1.29 is 10.3 Å². The summed E-state index contributed by atoms with van der Waals surface area (Å²) in [5.41, 5.74) is 5.38. The largest absolute Gasteiger partial charge is 0.409 e. The number of hydrogen-bond donors (Lipinski definition) is 4. The first kappa shape index (κ1) is 14.3. The molecule has 5 N–H and O–H groups in total. The van der Waals surface area contributed by atoms with Gasteiger partial charge in [-0.05, 0) is 25.2 Å². The Morgan fingerprint density at radius 3 is 2.82 bits per heavy atom. The molecule has 0 aromatic carbocycles. The lowest BCUT2D eigenvalue weighted by Gasteiger charge is -2.41. The third kappa shape index (κ3) is 3.57. The molecule has 0 aromatic heterocycles. The summed E-state index contributed by atoms with van der Waals surface area (Å²) in [5.74, 6) is 0.798. The maximum Gasteiger partial charge on any atom is 0.156 e. The van der Waals surface area contributed by atoms with Gasteiger partial charge >= 0.3 is 0 Å². The van der Waals surface area contributed by atoms with Crippen LogP contribution in [0.1, 0.15) is 46.0 Å². The second-order valence-corrected chi connectivity index (χ2v) is 5.27. The molecule has 1 fully saturated rings. The molecule has 0 bridgehead atoms. The summed E-state index contributed by atoms with van der Waals surface area (Å²) in [7, 11) is 0. The second-order valence-electron chi connectivity index (χ2n) is 5.27. The zero-order valence-corrected chi connectivity index (χ0v) is 10.8. The van der Waals surface area contributed by atoms with Gasteiger partial charge in [0.05, 0.1) is 12.6 Å². The molecule has 0 heterocycles. The molecule has 0 aromatic rings. The smallest absolute Gasteiger partial charge is 0.156 e. The fourth-order valence-electron chi connectivity index (χ4n) is 2.80. The lowest BCUT2D eigenvalue weighted by Crippen LogP contribution is -2.58. The fourth-order valence-corrected chi connectivity index (χ4v) is 2.80. The zero-order valence-electron chi connectivity index (χ0n) is 10.8. The van der Waals surface area contributed by atoms with E-state index in [1.165, 1.54) is 6.42 Å². The average Bonchev–Trinajstić information content (AvgIpc) is 2.35. The Morgan fingerprint density at radius 2 is 2.35 bits per heavy atom. The van der Waals surface area contributed by atoms with E-state index in [4.69, 9.17) is 10.9 Å². The van der Waals surface area contributed by atoms with E-state index < -0.39 is 0 Å². The van der Waals surface area contributed by atoms with Gasteiger partial charge < -0.3 is 16.0 Å². The number of aliphatic hydroxyl groups excluding tert-OH is 1. The van der Waals surface area contributed by atoms with E-state index in [0.717, 1.165) is 25.7 Å². The van der Waals surface area contributed by atoms with Crippen molar-refractivity contribution in [2.75, 3.05) is 6.61 Å². The van der Waals surface area contributed by atoms with Gasteiger partial charge in [-0.2, -0.15) is 0 Å². The quantitative estimate of drug-likeness (QED) is 0.251. The van der Waals surface area contributed by atoms with Gasteiger partial charge in [0.25, 0.3) is 0 Å². The monoisotopic (exact) mass is 243 g/mol. The molecule has 1 saturated carbocycles. The van der Waals surface area contributed by atoms with E-state index >= 15 is 0 Å². The highest BCUT2D eigenvalue weighted by molar-refractivity contribution is 5.85. The van der Waals surface area contributed by atoms with Crippen molar-refractivity contribution >= 4 is 5.84 Å². The average molecular weight is 243 g/mol. The molecular weight excluding hydrogens is 218 g/mol. The molecule has 0 saturated heterocycles. The van der Waals surface area contributed by atoms with Gasteiger partial charge in [0.2, 0.25) is 0 Å². The molecule has 1 aliphatic carbocycles. The minimum Gasteiger partial charge on any atom is -0.409 e. The second kappa shape index (κ2) is 6.21. The Labute approximate surface area is 103 Å². The first-order valence-electron chi connectivity index (χ1n) is 6.43. The summed E-state index contributed by atoms with van der Waals surface area (Å²) in [6, 6.07) is -0.169. The van der Waals surface area contributed by atoms with Gasteiger partial charge in [0.1, 0.15) is 0 Å². The van der Waals surface area contributed by atoms with Gasteiger partial charge in [-0.1, -0.05) is 31.8 Å². The van der Waals surface area contributed by atoms with Crippen molar-refractivity contribution in [2.45, 2.75) is 57.5 Å². The van der Waals surface area contributed by atoms with Crippen LogP contribution < -0.4 is 11.1 Å². The van der Waals surface area contributed by atoms with Crippen molar-refractivity contribution in [2.24, 2.45) is 16.8 Å². The summed E-state index contributed by atoms with van der Waals surface area (Å²) in [5, 5.41) is 24.8. The predicted octanol–water partition coefficient (Wildman–Crippen LogP) is 1.04. The lowest BCUT2D eigenvalue weighted by molar-refractivity contribution is 0.0943. The van der Waals surface area contributed by atoms with E-state index in [0.29, 0.717) is 5.92 Å². The standard InChI is InChI=1S/C12H25N3O2/c1-3-10(11(13)15-17)14-12(8-16)6-4-5-9(2)7-12/h9-10,14,16-17H,3-8H2,1-2H3,(H2,13,15). The molecule has 0 spiro atoms. The number of nitrogens with zero attached hydrogens (tertiary/aromatic N) is 1. The molecule has 1 aliphatic rings. The number of amidine groups is 1. The van der Waals surface area contributed by atoms with Crippen LogP contribution in [0.3, 0.4) is 0 Å². The topological polar surface area (TPSA) is 90.9 Å². The molecule has 0 amide bonds. The third-order valence-electron chi connectivity index (χ3n) is 3.76.